The Bertz CT molecular complexity index is 238. The lowest BCUT2D eigenvalue weighted by molar-refractivity contribution is 0.162. The maximum atomic E-state index is 8.76. The summed E-state index contributed by atoms with van der Waals surface area (Å²) in [4.78, 5) is 2.57. The molecule has 1 aliphatic heterocycles. The summed E-state index contributed by atoms with van der Waals surface area (Å²) in [5, 5.41) is 12.3. The van der Waals surface area contributed by atoms with Crippen LogP contribution in [0, 0.1) is 23.2 Å². The predicted molar refractivity (Wildman–Crippen MR) is 71.7 cm³/mol. The Morgan fingerprint density at radius 3 is 2.53 bits per heavy atom. The fraction of sp³-hybridized carbons (Fsp3) is 0.929. The number of hydrogen-bond acceptors (Lipinski definition) is 3. The molecule has 1 aliphatic rings. The number of piperidine rings is 1. The minimum atomic E-state index is 0.123. The van der Waals surface area contributed by atoms with Crippen molar-refractivity contribution in [1.29, 1.82) is 5.26 Å². The Morgan fingerprint density at radius 2 is 2.00 bits per heavy atom. The van der Waals surface area contributed by atoms with Crippen molar-refractivity contribution in [3.05, 3.63) is 0 Å². The van der Waals surface area contributed by atoms with Crippen molar-refractivity contribution in [3.63, 3.8) is 0 Å². The first-order valence-electron chi connectivity index (χ1n) is 7.02. The zero-order chi connectivity index (χ0) is 12.7. The summed E-state index contributed by atoms with van der Waals surface area (Å²) < 4.78 is 0. The van der Waals surface area contributed by atoms with E-state index in [4.69, 9.17) is 5.26 Å². The van der Waals surface area contributed by atoms with E-state index in [1.807, 2.05) is 6.92 Å². The van der Waals surface area contributed by atoms with Gasteiger partial charge in [0.2, 0.25) is 0 Å². The number of nitrogens with one attached hydrogen (secondary N) is 1. The molecule has 98 valence electrons. The van der Waals surface area contributed by atoms with Crippen LogP contribution in [-0.4, -0.2) is 37.1 Å². The average molecular weight is 237 g/mol. The minimum Gasteiger partial charge on any atom is -0.313 e. The monoisotopic (exact) mass is 237 g/mol. The summed E-state index contributed by atoms with van der Waals surface area (Å²) in [6.45, 7) is 11.1. The average Bonchev–Trinajstić information content (AvgIpc) is 2.36. The van der Waals surface area contributed by atoms with Crippen molar-refractivity contribution >= 4 is 0 Å². The van der Waals surface area contributed by atoms with Gasteiger partial charge in [0, 0.05) is 12.6 Å². The molecule has 0 aromatic carbocycles. The highest BCUT2D eigenvalue weighted by Crippen LogP contribution is 2.20. The lowest BCUT2D eigenvalue weighted by atomic mass is 9.90. The van der Waals surface area contributed by atoms with Crippen molar-refractivity contribution in [1.82, 2.24) is 10.2 Å². The second kappa shape index (κ2) is 7.68. The van der Waals surface area contributed by atoms with Gasteiger partial charge in [-0.2, -0.15) is 5.26 Å². The highest BCUT2D eigenvalue weighted by Gasteiger charge is 2.23. The lowest BCUT2D eigenvalue weighted by Crippen LogP contribution is -2.43. The molecule has 1 saturated heterocycles. The predicted octanol–water partition coefficient (Wildman–Crippen LogP) is 2.25. The Balaban J connectivity index is 2.21. The molecule has 0 amide bonds. The van der Waals surface area contributed by atoms with Gasteiger partial charge in [0.15, 0.2) is 0 Å². The third-order valence-corrected chi connectivity index (χ3v) is 3.85. The topological polar surface area (TPSA) is 39.1 Å². The normalized spacial score (nSPS) is 22.0. The van der Waals surface area contributed by atoms with Gasteiger partial charge in [-0.1, -0.05) is 6.92 Å². The van der Waals surface area contributed by atoms with Crippen molar-refractivity contribution in [2.24, 2.45) is 11.8 Å². The third-order valence-electron chi connectivity index (χ3n) is 3.85. The van der Waals surface area contributed by atoms with E-state index < -0.39 is 0 Å². The molecule has 0 bridgehead atoms. The molecule has 1 N–H and O–H groups in total. The molecule has 0 aliphatic carbocycles. The molecule has 0 aromatic heterocycles. The zero-order valence-electron chi connectivity index (χ0n) is 11.6. The smallest absolute Gasteiger partial charge is 0.0666 e. The van der Waals surface area contributed by atoms with E-state index in [0.29, 0.717) is 6.04 Å². The van der Waals surface area contributed by atoms with Crippen LogP contribution in [-0.2, 0) is 0 Å². The molecule has 1 heterocycles. The van der Waals surface area contributed by atoms with E-state index in [0.717, 1.165) is 12.5 Å². The second-order valence-electron chi connectivity index (χ2n) is 5.41. The number of nitriles is 1. The standard InChI is InChI=1S/C14H27N3/c1-4-7-17-8-5-14(6-9-17)13(3)16-11-12(2)10-15/h12-14,16H,4-9,11H2,1-3H3. The van der Waals surface area contributed by atoms with Crippen LogP contribution < -0.4 is 5.32 Å². The molecule has 2 unspecified atom stereocenters. The van der Waals surface area contributed by atoms with Crippen LogP contribution in [0.4, 0.5) is 0 Å². The Morgan fingerprint density at radius 1 is 1.35 bits per heavy atom. The molecule has 1 rings (SSSR count). The molecule has 3 heteroatoms. The Kier molecular flexibility index (Phi) is 6.54. The van der Waals surface area contributed by atoms with E-state index >= 15 is 0 Å². The first kappa shape index (κ1) is 14.5. The van der Waals surface area contributed by atoms with Gasteiger partial charge in [0.25, 0.3) is 0 Å². The van der Waals surface area contributed by atoms with E-state index in [1.165, 1.54) is 38.9 Å². The highest BCUT2D eigenvalue weighted by molar-refractivity contribution is 4.84. The fourth-order valence-electron chi connectivity index (χ4n) is 2.57. The number of nitrogens with zero attached hydrogens (tertiary/aromatic N) is 2. The van der Waals surface area contributed by atoms with Crippen LogP contribution in [0.15, 0.2) is 0 Å². The first-order chi connectivity index (χ1) is 8.17. The van der Waals surface area contributed by atoms with Gasteiger partial charge in [-0.15, -0.1) is 0 Å². The largest absolute Gasteiger partial charge is 0.313 e. The number of rotatable bonds is 6. The van der Waals surface area contributed by atoms with Crippen LogP contribution in [0.25, 0.3) is 0 Å². The SMILES string of the molecule is CCCN1CCC(C(C)NCC(C)C#N)CC1. The summed E-state index contributed by atoms with van der Waals surface area (Å²) >= 11 is 0. The molecule has 0 radical (unpaired) electrons. The van der Waals surface area contributed by atoms with E-state index in [-0.39, 0.29) is 5.92 Å². The van der Waals surface area contributed by atoms with Crippen molar-refractivity contribution in [2.75, 3.05) is 26.2 Å². The quantitative estimate of drug-likeness (QED) is 0.770. The van der Waals surface area contributed by atoms with Gasteiger partial charge in [0.05, 0.1) is 12.0 Å². The summed E-state index contributed by atoms with van der Waals surface area (Å²) in [7, 11) is 0. The first-order valence-corrected chi connectivity index (χ1v) is 7.02. The highest BCUT2D eigenvalue weighted by atomic mass is 15.1. The third kappa shape index (κ3) is 5.06. The van der Waals surface area contributed by atoms with Crippen molar-refractivity contribution in [2.45, 2.75) is 46.1 Å². The molecule has 0 aromatic rings. The molecule has 1 fully saturated rings. The Hall–Kier alpha value is -0.590. The molecule has 17 heavy (non-hydrogen) atoms. The maximum Gasteiger partial charge on any atom is 0.0666 e. The summed E-state index contributed by atoms with van der Waals surface area (Å²) in [6.07, 6.45) is 3.86. The summed E-state index contributed by atoms with van der Waals surface area (Å²) in [5.74, 6) is 0.909. The van der Waals surface area contributed by atoms with E-state index in [9.17, 15) is 0 Å². The fourth-order valence-corrected chi connectivity index (χ4v) is 2.57. The van der Waals surface area contributed by atoms with Crippen LogP contribution in [0.1, 0.15) is 40.0 Å². The number of hydrogen-bond donors (Lipinski definition) is 1. The van der Waals surface area contributed by atoms with Crippen molar-refractivity contribution < 1.29 is 0 Å². The van der Waals surface area contributed by atoms with E-state index in [2.05, 4.69) is 30.1 Å². The second-order valence-corrected chi connectivity index (χ2v) is 5.41. The molecule has 2 atom stereocenters. The number of likely N-dealkylation sites (tertiary alicyclic amines) is 1. The van der Waals surface area contributed by atoms with Gasteiger partial charge in [-0.25, -0.2) is 0 Å². The molecule has 0 spiro atoms. The molecular weight excluding hydrogens is 210 g/mol. The van der Waals surface area contributed by atoms with Crippen LogP contribution in [0.2, 0.25) is 0 Å². The lowest BCUT2D eigenvalue weighted by Gasteiger charge is -2.35. The summed E-state index contributed by atoms with van der Waals surface area (Å²) in [5.41, 5.74) is 0. The van der Waals surface area contributed by atoms with Gasteiger partial charge >= 0.3 is 0 Å². The van der Waals surface area contributed by atoms with Gasteiger partial charge in [-0.3, -0.25) is 0 Å². The van der Waals surface area contributed by atoms with Crippen LogP contribution in [0.5, 0.6) is 0 Å². The zero-order valence-corrected chi connectivity index (χ0v) is 11.6. The molecule has 0 saturated carbocycles. The van der Waals surface area contributed by atoms with Crippen LogP contribution in [0.3, 0.4) is 0 Å². The van der Waals surface area contributed by atoms with Gasteiger partial charge in [0.1, 0.15) is 0 Å². The van der Waals surface area contributed by atoms with Gasteiger partial charge in [-0.05, 0) is 58.7 Å². The van der Waals surface area contributed by atoms with Crippen molar-refractivity contribution in [3.8, 4) is 6.07 Å². The van der Waals surface area contributed by atoms with Crippen LogP contribution >= 0.6 is 0 Å². The minimum absolute atomic E-state index is 0.123. The van der Waals surface area contributed by atoms with E-state index in [1.54, 1.807) is 0 Å². The molecule has 3 nitrogen and oxygen atoms in total. The maximum absolute atomic E-state index is 8.76. The molecular formula is C14H27N3. The summed E-state index contributed by atoms with van der Waals surface area (Å²) in [6, 6.07) is 2.83. The van der Waals surface area contributed by atoms with Gasteiger partial charge < -0.3 is 10.2 Å². The Labute approximate surface area is 106 Å².